The summed E-state index contributed by atoms with van der Waals surface area (Å²) in [7, 11) is -1.42. The molecular formula is C17H18F2N2O5S. The van der Waals surface area contributed by atoms with Gasteiger partial charge in [-0.05, 0) is 35.9 Å². The lowest BCUT2D eigenvalue weighted by molar-refractivity contribution is -0.0498. The van der Waals surface area contributed by atoms with Gasteiger partial charge in [-0.3, -0.25) is 9.63 Å². The molecule has 0 aliphatic rings. The lowest BCUT2D eigenvalue weighted by Crippen LogP contribution is -2.27. The van der Waals surface area contributed by atoms with Crippen LogP contribution in [-0.2, 0) is 21.4 Å². The molecule has 0 saturated heterocycles. The van der Waals surface area contributed by atoms with Gasteiger partial charge in [0.25, 0.3) is 15.9 Å². The van der Waals surface area contributed by atoms with Crippen molar-refractivity contribution in [3.8, 4) is 5.75 Å². The van der Waals surface area contributed by atoms with Gasteiger partial charge in [-0.25, -0.2) is 8.42 Å². The Morgan fingerprint density at radius 1 is 1.19 bits per heavy atom. The molecular weight excluding hydrogens is 382 g/mol. The van der Waals surface area contributed by atoms with Crippen LogP contribution in [0.15, 0.2) is 53.4 Å². The van der Waals surface area contributed by atoms with Gasteiger partial charge in [0.1, 0.15) is 5.75 Å². The first-order valence-corrected chi connectivity index (χ1v) is 9.13. The van der Waals surface area contributed by atoms with Crippen molar-refractivity contribution in [3.05, 3.63) is 59.7 Å². The Balaban J connectivity index is 2.05. The molecule has 2 aromatic rings. The van der Waals surface area contributed by atoms with E-state index in [0.717, 1.165) is 0 Å². The van der Waals surface area contributed by atoms with E-state index >= 15 is 0 Å². The molecule has 27 heavy (non-hydrogen) atoms. The molecule has 7 nitrogen and oxygen atoms in total. The van der Waals surface area contributed by atoms with E-state index in [9.17, 15) is 22.0 Å². The van der Waals surface area contributed by atoms with Gasteiger partial charge in [0.2, 0.25) is 0 Å². The summed E-state index contributed by atoms with van der Waals surface area (Å²) in [6.45, 7) is -2.78. The summed E-state index contributed by atoms with van der Waals surface area (Å²) in [6, 6.07) is 11.3. The average molecular weight is 400 g/mol. The number of hydrogen-bond acceptors (Lipinski definition) is 5. The summed E-state index contributed by atoms with van der Waals surface area (Å²) in [5.74, 6) is -0.472. The summed E-state index contributed by atoms with van der Waals surface area (Å²) >= 11 is 0. The first-order valence-electron chi connectivity index (χ1n) is 7.69. The van der Waals surface area contributed by atoms with E-state index in [1.165, 1.54) is 62.7 Å². The highest BCUT2D eigenvalue weighted by Gasteiger charge is 2.21. The Hall–Kier alpha value is -2.56. The van der Waals surface area contributed by atoms with Gasteiger partial charge in [0.15, 0.2) is 0 Å². The SMILES string of the molecule is CON(C)S(=O)(=O)c1cccc(C(=O)NCc2ccc(OC(F)F)cc2)c1. The van der Waals surface area contributed by atoms with E-state index in [2.05, 4.69) is 10.1 Å². The van der Waals surface area contributed by atoms with E-state index in [0.29, 0.717) is 10.0 Å². The summed E-state index contributed by atoms with van der Waals surface area (Å²) in [4.78, 5) is 16.9. The van der Waals surface area contributed by atoms with E-state index in [4.69, 9.17) is 4.84 Å². The zero-order valence-electron chi connectivity index (χ0n) is 14.6. The van der Waals surface area contributed by atoms with Gasteiger partial charge >= 0.3 is 6.61 Å². The van der Waals surface area contributed by atoms with Crippen molar-refractivity contribution in [1.29, 1.82) is 0 Å². The van der Waals surface area contributed by atoms with Crippen LogP contribution in [0.5, 0.6) is 5.75 Å². The average Bonchev–Trinajstić information content (AvgIpc) is 2.66. The third kappa shape index (κ3) is 5.46. The van der Waals surface area contributed by atoms with Crippen LogP contribution in [0, 0.1) is 0 Å². The maximum absolute atomic E-state index is 12.3. The molecule has 1 N–H and O–H groups in total. The molecule has 2 rings (SSSR count). The maximum Gasteiger partial charge on any atom is 0.387 e. The number of rotatable bonds is 8. The summed E-state index contributed by atoms with van der Waals surface area (Å²) < 4.78 is 53.6. The number of carbonyl (C=O) groups is 1. The Labute approximate surface area is 155 Å². The quantitative estimate of drug-likeness (QED) is 0.688. The molecule has 0 spiro atoms. The van der Waals surface area contributed by atoms with E-state index in [-0.39, 0.29) is 22.8 Å². The highest BCUT2D eigenvalue weighted by atomic mass is 32.2. The molecule has 0 unspecified atom stereocenters. The van der Waals surface area contributed by atoms with Crippen LogP contribution in [0.1, 0.15) is 15.9 Å². The third-order valence-corrected chi connectivity index (χ3v) is 5.27. The number of amides is 1. The molecule has 0 radical (unpaired) electrons. The number of carbonyl (C=O) groups excluding carboxylic acids is 1. The van der Waals surface area contributed by atoms with E-state index < -0.39 is 22.5 Å². The normalized spacial score (nSPS) is 11.6. The van der Waals surface area contributed by atoms with Crippen molar-refractivity contribution >= 4 is 15.9 Å². The second-order valence-electron chi connectivity index (χ2n) is 5.33. The number of hydrogen-bond donors (Lipinski definition) is 1. The summed E-state index contributed by atoms with van der Waals surface area (Å²) in [5, 5.41) is 2.63. The molecule has 2 aromatic carbocycles. The monoisotopic (exact) mass is 400 g/mol. The Bertz CT molecular complexity index is 888. The molecule has 0 fully saturated rings. The minimum Gasteiger partial charge on any atom is -0.435 e. The van der Waals surface area contributed by atoms with Gasteiger partial charge in [-0.2, -0.15) is 8.78 Å². The first kappa shape index (κ1) is 20.7. The molecule has 0 aliphatic heterocycles. The van der Waals surface area contributed by atoms with Crippen molar-refractivity contribution < 1.29 is 31.6 Å². The van der Waals surface area contributed by atoms with Crippen molar-refractivity contribution in [2.75, 3.05) is 14.2 Å². The fourth-order valence-corrected chi connectivity index (χ4v) is 3.14. The molecule has 0 aliphatic carbocycles. The zero-order chi connectivity index (χ0) is 20.0. The van der Waals surface area contributed by atoms with Crippen LogP contribution in [0.4, 0.5) is 8.78 Å². The number of sulfonamides is 1. The summed E-state index contributed by atoms with van der Waals surface area (Å²) in [5.41, 5.74) is 0.811. The number of benzene rings is 2. The molecule has 10 heteroatoms. The molecule has 0 bridgehead atoms. The topological polar surface area (TPSA) is 84.9 Å². The smallest absolute Gasteiger partial charge is 0.387 e. The molecule has 1 amide bonds. The van der Waals surface area contributed by atoms with Gasteiger partial charge in [0.05, 0.1) is 12.0 Å². The van der Waals surface area contributed by atoms with Crippen LogP contribution in [0.3, 0.4) is 0 Å². The van der Waals surface area contributed by atoms with Gasteiger partial charge in [-0.1, -0.05) is 22.7 Å². The molecule has 0 heterocycles. The fourth-order valence-electron chi connectivity index (χ4n) is 2.12. The number of alkyl halides is 2. The van der Waals surface area contributed by atoms with E-state index in [1.807, 2.05) is 0 Å². The predicted octanol–water partition coefficient (Wildman–Crippen LogP) is 2.40. The van der Waals surface area contributed by atoms with E-state index in [1.54, 1.807) is 0 Å². The molecule has 0 saturated carbocycles. The first-order chi connectivity index (χ1) is 12.7. The minimum absolute atomic E-state index is 0.0141. The van der Waals surface area contributed by atoms with Crippen molar-refractivity contribution in [2.45, 2.75) is 18.1 Å². The molecule has 0 aromatic heterocycles. The van der Waals surface area contributed by atoms with Gasteiger partial charge in [0, 0.05) is 19.2 Å². The maximum atomic E-state index is 12.3. The number of ether oxygens (including phenoxy) is 1. The van der Waals surface area contributed by atoms with Crippen LogP contribution in [-0.4, -0.2) is 39.6 Å². The van der Waals surface area contributed by atoms with Crippen molar-refractivity contribution in [2.24, 2.45) is 0 Å². The largest absolute Gasteiger partial charge is 0.435 e. The van der Waals surface area contributed by atoms with Crippen LogP contribution in [0.25, 0.3) is 0 Å². The Morgan fingerprint density at radius 2 is 1.85 bits per heavy atom. The number of nitrogens with zero attached hydrogens (tertiary/aromatic N) is 1. The van der Waals surface area contributed by atoms with Gasteiger partial charge < -0.3 is 10.1 Å². The second kappa shape index (κ2) is 8.89. The standard InChI is InChI=1S/C17H18F2N2O5S/c1-21(25-2)27(23,24)15-5-3-4-13(10-15)16(22)20-11-12-6-8-14(9-7-12)26-17(18)19/h3-10,17H,11H2,1-2H3,(H,20,22). The lowest BCUT2D eigenvalue weighted by Gasteiger charge is -2.14. The fraction of sp³-hybridized carbons (Fsp3) is 0.235. The summed E-state index contributed by atoms with van der Waals surface area (Å²) in [6.07, 6.45) is 0. The zero-order valence-corrected chi connectivity index (χ0v) is 15.4. The Morgan fingerprint density at radius 3 is 2.44 bits per heavy atom. The van der Waals surface area contributed by atoms with Crippen molar-refractivity contribution in [3.63, 3.8) is 0 Å². The molecule has 0 atom stereocenters. The second-order valence-corrected chi connectivity index (χ2v) is 7.27. The highest BCUT2D eigenvalue weighted by molar-refractivity contribution is 7.89. The Kier molecular flexibility index (Phi) is 6.83. The van der Waals surface area contributed by atoms with Crippen LogP contribution >= 0.6 is 0 Å². The highest BCUT2D eigenvalue weighted by Crippen LogP contribution is 2.17. The minimum atomic E-state index is -3.87. The lowest BCUT2D eigenvalue weighted by atomic mass is 10.2. The predicted molar refractivity (Wildman–Crippen MR) is 92.6 cm³/mol. The third-order valence-electron chi connectivity index (χ3n) is 3.59. The molecule has 146 valence electrons. The number of nitrogens with one attached hydrogen (secondary N) is 1. The van der Waals surface area contributed by atoms with Crippen LogP contribution in [0.2, 0.25) is 0 Å². The van der Waals surface area contributed by atoms with Gasteiger partial charge in [-0.15, -0.1) is 0 Å². The van der Waals surface area contributed by atoms with Crippen molar-refractivity contribution in [1.82, 2.24) is 9.79 Å². The van der Waals surface area contributed by atoms with Crippen LogP contribution < -0.4 is 10.1 Å². The number of halogens is 2. The number of hydroxylamine groups is 1.